The lowest BCUT2D eigenvalue weighted by molar-refractivity contribution is 0.0697. The van der Waals surface area contributed by atoms with Crippen molar-refractivity contribution in [3.63, 3.8) is 0 Å². The van der Waals surface area contributed by atoms with Gasteiger partial charge < -0.3 is 20.4 Å². The molecule has 1 rings (SSSR count). The maximum absolute atomic E-state index is 12.1. The van der Waals surface area contributed by atoms with Crippen LogP contribution in [0.2, 0.25) is 0 Å². The number of carbonyl (C=O) groups is 2. The van der Waals surface area contributed by atoms with Crippen molar-refractivity contribution in [1.82, 2.24) is 4.90 Å². The molecule has 0 radical (unpaired) electrons. The van der Waals surface area contributed by atoms with Crippen LogP contribution in [-0.2, 0) is 0 Å². The maximum atomic E-state index is 12.1. The first-order valence-corrected chi connectivity index (χ1v) is 6.39. The number of hydrogen-bond acceptors (Lipinski definition) is 3. The smallest absolute Gasteiger partial charge is 0.335 e. The van der Waals surface area contributed by atoms with Gasteiger partial charge in [-0.25, -0.2) is 9.59 Å². The lowest BCUT2D eigenvalue weighted by Crippen LogP contribution is -2.41. The highest BCUT2D eigenvalue weighted by Crippen LogP contribution is 2.18. The van der Waals surface area contributed by atoms with Crippen molar-refractivity contribution in [3.05, 3.63) is 29.3 Å². The fraction of sp³-hybridized carbons (Fsp3) is 0.429. The molecule has 6 heteroatoms. The second-order valence-electron chi connectivity index (χ2n) is 4.78. The fourth-order valence-electron chi connectivity index (χ4n) is 1.78. The third-order valence-corrected chi connectivity index (χ3v) is 2.95. The predicted molar refractivity (Wildman–Crippen MR) is 76.1 cm³/mol. The number of aromatic carboxylic acids is 1. The monoisotopic (exact) mass is 280 g/mol. The number of amides is 2. The van der Waals surface area contributed by atoms with E-state index in [1.165, 1.54) is 17.0 Å². The van der Waals surface area contributed by atoms with Crippen molar-refractivity contribution >= 4 is 17.7 Å². The Morgan fingerprint density at radius 2 is 2.00 bits per heavy atom. The number of carboxylic acid groups (broad SMARTS) is 1. The molecule has 0 atom stereocenters. The average Bonchev–Trinajstić information content (AvgIpc) is 2.37. The summed E-state index contributed by atoms with van der Waals surface area (Å²) in [6.07, 6.45) is 0. The molecule has 6 nitrogen and oxygen atoms in total. The standard InChI is InChI=1S/C14H20N2O4/c1-9(2)16(6-7-17)14(20)15-12-8-11(13(18)19)5-4-10(12)3/h4-5,8-9,17H,6-7H2,1-3H3,(H,15,20)(H,18,19). The van der Waals surface area contributed by atoms with Crippen LogP contribution >= 0.6 is 0 Å². The predicted octanol–water partition coefficient (Wildman–Crippen LogP) is 1.93. The van der Waals surface area contributed by atoms with Crippen molar-refractivity contribution in [1.29, 1.82) is 0 Å². The summed E-state index contributed by atoms with van der Waals surface area (Å²) in [4.78, 5) is 24.6. The van der Waals surface area contributed by atoms with E-state index in [4.69, 9.17) is 10.2 Å². The van der Waals surface area contributed by atoms with Crippen LogP contribution in [0.3, 0.4) is 0 Å². The minimum atomic E-state index is -1.04. The molecule has 2 amide bonds. The van der Waals surface area contributed by atoms with Crippen LogP contribution in [-0.4, -0.2) is 46.3 Å². The van der Waals surface area contributed by atoms with E-state index >= 15 is 0 Å². The second-order valence-corrected chi connectivity index (χ2v) is 4.78. The number of rotatable bonds is 5. The van der Waals surface area contributed by atoms with E-state index in [1.54, 1.807) is 13.0 Å². The van der Waals surface area contributed by atoms with Crippen LogP contribution in [0.15, 0.2) is 18.2 Å². The molecule has 0 saturated heterocycles. The van der Waals surface area contributed by atoms with E-state index in [0.29, 0.717) is 5.69 Å². The van der Waals surface area contributed by atoms with Crippen molar-refractivity contribution < 1.29 is 19.8 Å². The van der Waals surface area contributed by atoms with Gasteiger partial charge in [-0.05, 0) is 38.5 Å². The molecule has 0 fully saturated rings. The highest BCUT2D eigenvalue weighted by atomic mass is 16.4. The number of aryl methyl sites for hydroxylation is 1. The Hall–Kier alpha value is -2.08. The number of benzene rings is 1. The first kappa shape index (κ1) is 16.0. The van der Waals surface area contributed by atoms with Gasteiger partial charge in [0.25, 0.3) is 0 Å². The quantitative estimate of drug-likeness (QED) is 0.768. The molecule has 3 N–H and O–H groups in total. The summed E-state index contributed by atoms with van der Waals surface area (Å²) in [6, 6.07) is 4.13. The summed E-state index contributed by atoms with van der Waals surface area (Å²) in [5, 5.41) is 20.6. The van der Waals surface area contributed by atoms with Gasteiger partial charge in [-0.3, -0.25) is 0 Å². The van der Waals surface area contributed by atoms with Gasteiger partial charge in [-0.1, -0.05) is 6.07 Å². The molecular formula is C14H20N2O4. The number of hydrogen-bond donors (Lipinski definition) is 3. The van der Waals surface area contributed by atoms with E-state index in [2.05, 4.69) is 5.32 Å². The lowest BCUT2D eigenvalue weighted by atomic mass is 10.1. The number of aliphatic hydroxyl groups is 1. The van der Waals surface area contributed by atoms with Crippen molar-refractivity contribution in [3.8, 4) is 0 Å². The fourth-order valence-corrected chi connectivity index (χ4v) is 1.78. The first-order valence-electron chi connectivity index (χ1n) is 6.39. The zero-order valence-electron chi connectivity index (χ0n) is 11.9. The minimum Gasteiger partial charge on any atom is -0.478 e. The van der Waals surface area contributed by atoms with Gasteiger partial charge in [0.2, 0.25) is 0 Å². The van der Waals surface area contributed by atoms with Gasteiger partial charge in [0, 0.05) is 18.3 Å². The van der Waals surface area contributed by atoms with Gasteiger partial charge in [0.05, 0.1) is 12.2 Å². The largest absolute Gasteiger partial charge is 0.478 e. The third kappa shape index (κ3) is 3.96. The zero-order valence-corrected chi connectivity index (χ0v) is 11.9. The summed E-state index contributed by atoms with van der Waals surface area (Å²) in [6.45, 7) is 5.57. The first-order chi connectivity index (χ1) is 9.36. The topological polar surface area (TPSA) is 89.9 Å². The van der Waals surface area contributed by atoms with Gasteiger partial charge in [0.1, 0.15) is 0 Å². The molecule has 0 unspecified atom stereocenters. The van der Waals surface area contributed by atoms with E-state index in [1.807, 2.05) is 13.8 Å². The zero-order chi connectivity index (χ0) is 15.3. The summed E-state index contributed by atoms with van der Waals surface area (Å²) < 4.78 is 0. The Morgan fingerprint density at radius 3 is 2.50 bits per heavy atom. The van der Waals surface area contributed by atoms with Gasteiger partial charge in [-0.15, -0.1) is 0 Å². The van der Waals surface area contributed by atoms with E-state index in [0.717, 1.165) is 5.56 Å². The molecule has 20 heavy (non-hydrogen) atoms. The van der Waals surface area contributed by atoms with Gasteiger partial charge in [0.15, 0.2) is 0 Å². The number of anilines is 1. The van der Waals surface area contributed by atoms with Crippen LogP contribution in [0.4, 0.5) is 10.5 Å². The molecule has 0 aliphatic rings. The van der Waals surface area contributed by atoms with Gasteiger partial charge >= 0.3 is 12.0 Å². The Morgan fingerprint density at radius 1 is 1.35 bits per heavy atom. The van der Waals surface area contributed by atoms with E-state index in [-0.39, 0.29) is 30.8 Å². The molecule has 0 spiro atoms. The Bertz CT molecular complexity index is 500. The number of carboxylic acids is 1. The Balaban J connectivity index is 2.94. The van der Waals surface area contributed by atoms with Gasteiger partial charge in [-0.2, -0.15) is 0 Å². The molecule has 0 saturated carbocycles. The van der Waals surface area contributed by atoms with Crippen LogP contribution in [0.1, 0.15) is 29.8 Å². The molecule has 0 aliphatic carbocycles. The highest BCUT2D eigenvalue weighted by Gasteiger charge is 2.17. The molecule has 0 heterocycles. The normalized spacial score (nSPS) is 10.4. The number of nitrogens with zero attached hydrogens (tertiary/aromatic N) is 1. The summed E-state index contributed by atoms with van der Waals surface area (Å²) in [5.74, 6) is -1.04. The maximum Gasteiger partial charge on any atom is 0.335 e. The lowest BCUT2D eigenvalue weighted by Gasteiger charge is -2.26. The molecule has 1 aromatic rings. The molecule has 0 aromatic heterocycles. The summed E-state index contributed by atoms with van der Waals surface area (Å²) in [7, 11) is 0. The number of aliphatic hydroxyl groups excluding tert-OH is 1. The second kappa shape index (κ2) is 6.91. The molecule has 0 bridgehead atoms. The molecule has 110 valence electrons. The van der Waals surface area contributed by atoms with Crippen LogP contribution in [0.25, 0.3) is 0 Å². The molecule has 1 aromatic carbocycles. The molecular weight excluding hydrogens is 260 g/mol. The van der Waals surface area contributed by atoms with E-state index in [9.17, 15) is 9.59 Å². The number of carbonyl (C=O) groups excluding carboxylic acids is 1. The average molecular weight is 280 g/mol. The SMILES string of the molecule is Cc1ccc(C(=O)O)cc1NC(=O)N(CCO)C(C)C. The van der Waals surface area contributed by atoms with Crippen LogP contribution < -0.4 is 5.32 Å². The minimum absolute atomic E-state index is 0.0647. The van der Waals surface area contributed by atoms with E-state index < -0.39 is 5.97 Å². The van der Waals surface area contributed by atoms with Crippen LogP contribution in [0.5, 0.6) is 0 Å². The third-order valence-electron chi connectivity index (χ3n) is 2.95. The van der Waals surface area contributed by atoms with Crippen molar-refractivity contribution in [2.45, 2.75) is 26.8 Å². The van der Waals surface area contributed by atoms with Crippen LogP contribution in [0, 0.1) is 6.92 Å². The van der Waals surface area contributed by atoms with Crippen molar-refractivity contribution in [2.24, 2.45) is 0 Å². The number of nitrogens with one attached hydrogen (secondary N) is 1. The van der Waals surface area contributed by atoms with Crippen molar-refractivity contribution in [2.75, 3.05) is 18.5 Å². The Labute approximate surface area is 118 Å². The highest BCUT2D eigenvalue weighted by molar-refractivity contribution is 5.94. The summed E-state index contributed by atoms with van der Waals surface area (Å²) >= 11 is 0. The molecule has 0 aliphatic heterocycles. The Kier molecular flexibility index (Phi) is 5.52. The summed E-state index contributed by atoms with van der Waals surface area (Å²) in [5.41, 5.74) is 1.35. The number of urea groups is 1.